The molecule has 2 N–H and O–H groups in total. The number of rotatable bonds is 4. The largest absolute Gasteiger partial charge is 0.391 e. The Labute approximate surface area is 130 Å². The Kier molecular flexibility index (Phi) is 4.78. The zero-order valence-electron chi connectivity index (χ0n) is 12.8. The number of nitrogens with zero attached hydrogens (tertiary/aromatic N) is 4. The van der Waals surface area contributed by atoms with Crippen molar-refractivity contribution < 1.29 is 23.7 Å². The maximum Gasteiger partial charge on any atom is 0.351 e. The molecule has 1 fully saturated rings. The van der Waals surface area contributed by atoms with E-state index >= 15 is 0 Å². The van der Waals surface area contributed by atoms with Crippen molar-refractivity contribution in [2.75, 3.05) is 14.1 Å². The van der Waals surface area contributed by atoms with Gasteiger partial charge >= 0.3 is 11.6 Å². The van der Waals surface area contributed by atoms with Crippen molar-refractivity contribution in [3.8, 4) is 0 Å². The van der Waals surface area contributed by atoms with E-state index in [2.05, 4.69) is 9.98 Å². The fourth-order valence-electron chi connectivity index (χ4n) is 2.14. The minimum atomic E-state index is -3.75. The van der Waals surface area contributed by atoms with E-state index in [1.54, 1.807) is 19.0 Å². The van der Waals surface area contributed by atoms with Crippen molar-refractivity contribution in [3.63, 3.8) is 0 Å². The maximum absolute atomic E-state index is 14.1. The quantitative estimate of drug-likeness (QED) is 0.582. The molecule has 8 nitrogen and oxygen atoms in total. The van der Waals surface area contributed by atoms with Crippen LogP contribution in [0.3, 0.4) is 0 Å². The summed E-state index contributed by atoms with van der Waals surface area (Å²) in [7, 11) is 3.43. The van der Waals surface area contributed by atoms with Crippen molar-refractivity contribution >= 4 is 12.2 Å². The molecule has 1 aromatic rings. The molecule has 1 aliphatic heterocycles. The van der Waals surface area contributed by atoms with E-state index in [4.69, 9.17) is 4.74 Å². The number of hydrogen-bond acceptors (Lipinski definition) is 6. The second-order valence-corrected chi connectivity index (χ2v) is 5.50. The van der Waals surface area contributed by atoms with Gasteiger partial charge in [0.1, 0.15) is 6.10 Å². The highest BCUT2D eigenvalue weighted by atomic mass is 19.3. The van der Waals surface area contributed by atoms with Gasteiger partial charge in [0, 0.05) is 20.3 Å². The summed E-state index contributed by atoms with van der Waals surface area (Å²) >= 11 is 0. The predicted molar refractivity (Wildman–Crippen MR) is 76.9 cm³/mol. The summed E-state index contributed by atoms with van der Waals surface area (Å²) in [5.74, 6) is -3.70. The van der Waals surface area contributed by atoms with Gasteiger partial charge in [-0.15, -0.1) is 0 Å². The van der Waals surface area contributed by atoms with Crippen LogP contribution in [0.15, 0.2) is 22.1 Å². The molecule has 4 atom stereocenters. The molecule has 1 saturated heterocycles. The summed E-state index contributed by atoms with van der Waals surface area (Å²) in [5.41, 5.74) is -0.999. The monoisotopic (exact) mass is 332 g/mol. The zero-order valence-corrected chi connectivity index (χ0v) is 12.8. The van der Waals surface area contributed by atoms with Gasteiger partial charge in [0.25, 0.3) is 0 Å². The van der Waals surface area contributed by atoms with Crippen LogP contribution in [-0.2, 0) is 4.74 Å². The van der Waals surface area contributed by atoms with Crippen LogP contribution >= 0.6 is 0 Å². The summed E-state index contributed by atoms with van der Waals surface area (Å²) in [6, 6.07) is 1.27. The summed E-state index contributed by atoms with van der Waals surface area (Å²) < 4.78 is 33.8. The Morgan fingerprint density at radius 1 is 1.57 bits per heavy atom. The Hall–Kier alpha value is -1.91. The van der Waals surface area contributed by atoms with E-state index in [1.165, 1.54) is 19.3 Å². The van der Waals surface area contributed by atoms with Crippen LogP contribution in [0.4, 0.5) is 14.6 Å². The van der Waals surface area contributed by atoms with Gasteiger partial charge in [0.15, 0.2) is 11.9 Å². The zero-order chi connectivity index (χ0) is 17.4. The van der Waals surface area contributed by atoms with Crippen molar-refractivity contribution in [1.82, 2.24) is 14.5 Å². The smallest absolute Gasteiger partial charge is 0.351 e. The van der Waals surface area contributed by atoms with Gasteiger partial charge in [-0.3, -0.25) is 4.57 Å². The number of alkyl halides is 2. The number of aliphatic hydroxyl groups excluding tert-OH is 2. The minimum Gasteiger partial charge on any atom is -0.391 e. The van der Waals surface area contributed by atoms with E-state index in [1.807, 2.05) is 0 Å². The van der Waals surface area contributed by atoms with Gasteiger partial charge in [-0.05, 0) is 13.0 Å². The highest BCUT2D eigenvalue weighted by molar-refractivity contribution is 5.58. The molecule has 1 aliphatic rings. The molecule has 0 saturated carbocycles. The molecule has 0 bridgehead atoms. The average molecular weight is 332 g/mol. The van der Waals surface area contributed by atoms with Crippen molar-refractivity contribution in [2.45, 2.75) is 37.4 Å². The van der Waals surface area contributed by atoms with Crippen molar-refractivity contribution in [1.29, 1.82) is 0 Å². The molecule has 1 unspecified atom stereocenters. The van der Waals surface area contributed by atoms with Crippen molar-refractivity contribution in [3.05, 3.63) is 22.7 Å². The van der Waals surface area contributed by atoms with E-state index < -0.39 is 36.2 Å². The second kappa shape index (κ2) is 6.30. The summed E-state index contributed by atoms with van der Waals surface area (Å²) in [6.45, 7) is 1.21. The van der Waals surface area contributed by atoms with Crippen molar-refractivity contribution in [2.24, 2.45) is 4.99 Å². The van der Waals surface area contributed by atoms with Gasteiger partial charge in [-0.1, -0.05) is 0 Å². The number of aromatic nitrogens is 2. The lowest BCUT2D eigenvalue weighted by molar-refractivity contribution is -0.141. The molecule has 0 spiro atoms. The van der Waals surface area contributed by atoms with Crippen LogP contribution in [0.5, 0.6) is 0 Å². The normalized spacial score (nSPS) is 28.2. The molecule has 10 heteroatoms. The highest BCUT2D eigenvalue weighted by Gasteiger charge is 2.60. The summed E-state index contributed by atoms with van der Waals surface area (Å²) in [6.07, 6.45) is -4.65. The first-order valence-corrected chi connectivity index (χ1v) is 6.83. The van der Waals surface area contributed by atoms with Gasteiger partial charge in [0.05, 0.1) is 12.4 Å². The molecule has 2 heterocycles. The third-order valence-electron chi connectivity index (χ3n) is 3.29. The minimum absolute atomic E-state index is 0.0499. The lowest BCUT2D eigenvalue weighted by atomic mass is 10.1. The van der Waals surface area contributed by atoms with Crippen LogP contribution in [-0.4, -0.2) is 69.3 Å². The predicted octanol–water partition coefficient (Wildman–Crippen LogP) is -0.261. The average Bonchev–Trinajstić information content (AvgIpc) is 2.68. The molecule has 0 amide bonds. The van der Waals surface area contributed by atoms with Crippen LogP contribution in [0.25, 0.3) is 0 Å². The Morgan fingerprint density at radius 3 is 2.70 bits per heavy atom. The first-order chi connectivity index (χ1) is 10.6. The number of aliphatic imine (C=N–C) groups is 1. The lowest BCUT2D eigenvalue weighted by Crippen LogP contribution is -2.43. The van der Waals surface area contributed by atoms with Crippen LogP contribution in [0, 0.1) is 0 Å². The van der Waals surface area contributed by atoms with Gasteiger partial charge in [-0.25, -0.2) is 9.79 Å². The van der Waals surface area contributed by atoms with Gasteiger partial charge in [0.2, 0.25) is 6.23 Å². The molecule has 2 rings (SSSR count). The van der Waals surface area contributed by atoms with Gasteiger partial charge < -0.3 is 19.8 Å². The van der Waals surface area contributed by atoms with E-state index in [-0.39, 0.29) is 5.82 Å². The van der Waals surface area contributed by atoms with E-state index in [0.717, 1.165) is 6.20 Å². The molecule has 1 aromatic heterocycles. The third-order valence-corrected chi connectivity index (χ3v) is 3.29. The Bertz CT molecular complexity index is 647. The number of hydrogen-bond donors (Lipinski definition) is 2. The summed E-state index contributed by atoms with van der Waals surface area (Å²) in [4.78, 5) is 21.0. The first-order valence-electron chi connectivity index (χ1n) is 6.83. The van der Waals surface area contributed by atoms with E-state index in [9.17, 15) is 23.8 Å². The Morgan fingerprint density at radius 2 is 2.22 bits per heavy atom. The molecule has 23 heavy (non-hydrogen) atoms. The summed E-state index contributed by atoms with van der Waals surface area (Å²) in [5, 5.41) is 19.0. The van der Waals surface area contributed by atoms with Gasteiger partial charge in [-0.2, -0.15) is 13.8 Å². The van der Waals surface area contributed by atoms with Crippen LogP contribution in [0.2, 0.25) is 0 Å². The second-order valence-electron chi connectivity index (χ2n) is 5.50. The third kappa shape index (κ3) is 3.38. The fraction of sp³-hybridized carbons (Fsp3) is 0.615. The topological polar surface area (TPSA) is 100 Å². The molecule has 0 radical (unpaired) electrons. The van der Waals surface area contributed by atoms with Crippen LogP contribution < -0.4 is 5.69 Å². The standard InChI is InChI=1S/C13H18F2N4O4/c1-7(20)9-10(21)13(14,15)11(23-9)19-5-4-8(17-12(19)22)16-6-18(2)3/h4-7,9-11,20-21H,1-3H3/t7?,9-,10-,11-/m1/s1. The lowest BCUT2D eigenvalue weighted by Gasteiger charge is -2.20. The van der Waals surface area contributed by atoms with Crippen LogP contribution in [0.1, 0.15) is 13.2 Å². The molecular formula is C13H18F2N4O4. The fourth-order valence-corrected chi connectivity index (χ4v) is 2.14. The molecular weight excluding hydrogens is 314 g/mol. The van der Waals surface area contributed by atoms with E-state index in [0.29, 0.717) is 4.57 Å². The highest BCUT2D eigenvalue weighted by Crippen LogP contribution is 2.43. The SMILES string of the molecule is CC(O)[C@H]1O[C@@H](n2ccc(N=CN(C)C)nc2=O)C(F)(F)[C@@H]1O. The Balaban J connectivity index is 2.33. The molecule has 0 aliphatic carbocycles. The number of ether oxygens (including phenoxy) is 1. The number of halogens is 2. The molecule has 0 aromatic carbocycles. The molecule has 128 valence electrons. The first kappa shape index (κ1) is 17.4. The number of aliphatic hydroxyl groups is 2. The maximum atomic E-state index is 14.1.